The first-order valence-electron chi connectivity index (χ1n) is 12.6. The molecule has 0 aliphatic rings. The van der Waals surface area contributed by atoms with E-state index in [2.05, 4.69) is 0 Å². The van der Waals surface area contributed by atoms with Crippen molar-refractivity contribution in [3.63, 3.8) is 0 Å². The number of hydrogen-bond acceptors (Lipinski definition) is 4. The van der Waals surface area contributed by atoms with Gasteiger partial charge in [0, 0.05) is 24.7 Å². The first-order valence-corrected chi connectivity index (χ1v) is 14.4. The molecule has 3 aromatic rings. The first kappa shape index (κ1) is 29.6. The number of aliphatic hydroxyl groups is 1. The van der Waals surface area contributed by atoms with Crippen LogP contribution in [0.5, 0.6) is 0 Å². The number of halogens is 1. The van der Waals surface area contributed by atoms with Crippen LogP contribution in [0.15, 0.2) is 89.8 Å². The Balaban J connectivity index is 1.96. The van der Waals surface area contributed by atoms with Crippen LogP contribution in [0, 0.1) is 5.92 Å². The van der Waals surface area contributed by atoms with E-state index in [-0.39, 0.29) is 36.9 Å². The number of aliphatic hydroxyl groups excluding tert-OH is 1. The molecule has 0 unspecified atom stereocenters. The molecule has 2 atom stereocenters. The number of sulfonamides is 1. The predicted octanol–water partition coefficient (Wildman–Crippen LogP) is 5.53. The lowest BCUT2D eigenvalue weighted by molar-refractivity contribution is 0.0343. The molecule has 0 saturated heterocycles. The van der Waals surface area contributed by atoms with E-state index < -0.39 is 28.3 Å². The van der Waals surface area contributed by atoms with Crippen LogP contribution in [0.4, 0.5) is 4.79 Å². The zero-order chi connectivity index (χ0) is 27.7. The van der Waals surface area contributed by atoms with Gasteiger partial charge < -0.3 is 10.2 Å². The molecule has 204 valence electrons. The second kappa shape index (κ2) is 13.8. The van der Waals surface area contributed by atoms with Crippen molar-refractivity contribution in [2.75, 3.05) is 13.1 Å². The normalized spacial score (nSPS) is 13.4. The van der Waals surface area contributed by atoms with Gasteiger partial charge in [0.25, 0.3) is 0 Å². The Morgan fingerprint density at radius 1 is 0.895 bits per heavy atom. The molecule has 3 rings (SSSR count). The molecular formula is C29H35ClN2O5S. The van der Waals surface area contributed by atoms with Crippen molar-refractivity contribution in [3.05, 3.63) is 101 Å². The monoisotopic (exact) mass is 558 g/mol. The van der Waals surface area contributed by atoms with Crippen molar-refractivity contribution in [3.8, 4) is 0 Å². The SMILES string of the molecule is CC(C)CCN(C[C@@H](O)[C@H](Cc1ccccc1)N(Cc1ccccc1)C(=O)O)S(=O)(=O)c1ccc(Cl)cc1. The van der Waals surface area contributed by atoms with Crippen LogP contribution >= 0.6 is 11.6 Å². The molecule has 0 aliphatic carbocycles. The van der Waals surface area contributed by atoms with Crippen LogP contribution in [0.3, 0.4) is 0 Å². The summed E-state index contributed by atoms with van der Waals surface area (Å²) in [6.07, 6.45) is -1.68. The van der Waals surface area contributed by atoms with Crippen molar-refractivity contribution in [1.29, 1.82) is 0 Å². The molecule has 0 heterocycles. The molecule has 3 aromatic carbocycles. The van der Waals surface area contributed by atoms with Gasteiger partial charge in [-0.25, -0.2) is 13.2 Å². The summed E-state index contributed by atoms with van der Waals surface area (Å²) in [5.41, 5.74) is 1.61. The maximum atomic E-state index is 13.6. The minimum atomic E-state index is -3.97. The number of rotatable bonds is 13. The van der Waals surface area contributed by atoms with Gasteiger partial charge in [0.2, 0.25) is 10.0 Å². The van der Waals surface area contributed by atoms with E-state index >= 15 is 0 Å². The zero-order valence-electron chi connectivity index (χ0n) is 21.7. The predicted molar refractivity (Wildman–Crippen MR) is 150 cm³/mol. The average Bonchev–Trinajstić information content (AvgIpc) is 2.89. The molecule has 0 bridgehead atoms. The molecular weight excluding hydrogens is 524 g/mol. The van der Waals surface area contributed by atoms with Gasteiger partial charge in [-0.15, -0.1) is 0 Å². The molecule has 0 aromatic heterocycles. The third-order valence-electron chi connectivity index (χ3n) is 6.37. The van der Waals surface area contributed by atoms with Crippen LogP contribution < -0.4 is 0 Å². The van der Waals surface area contributed by atoms with Crippen molar-refractivity contribution in [2.45, 2.75) is 50.3 Å². The Hall–Kier alpha value is -2.91. The molecule has 0 spiro atoms. The Morgan fingerprint density at radius 3 is 1.97 bits per heavy atom. The number of amides is 1. The van der Waals surface area contributed by atoms with E-state index in [9.17, 15) is 23.4 Å². The standard InChI is InChI=1S/C29H35ClN2O5S/c1-22(2)17-18-31(38(36,37)26-15-13-25(30)14-16-26)21-28(33)27(19-23-9-5-3-6-10-23)32(29(34)35)20-24-11-7-4-8-12-24/h3-16,22,27-28,33H,17-21H2,1-2H3,(H,34,35)/t27-,28+/m0/s1. The number of hydrogen-bond donors (Lipinski definition) is 2. The molecule has 0 saturated carbocycles. The maximum Gasteiger partial charge on any atom is 0.407 e. The summed E-state index contributed by atoms with van der Waals surface area (Å²) in [5.74, 6) is 0.226. The van der Waals surface area contributed by atoms with Crippen molar-refractivity contribution in [1.82, 2.24) is 9.21 Å². The number of carbonyl (C=O) groups is 1. The molecule has 1 amide bonds. The average molecular weight is 559 g/mol. The molecule has 38 heavy (non-hydrogen) atoms. The van der Waals surface area contributed by atoms with Gasteiger partial charge in [0.05, 0.1) is 17.0 Å². The van der Waals surface area contributed by atoms with Crippen LogP contribution in [0.1, 0.15) is 31.4 Å². The second-order valence-electron chi connectivity index (χ2n) is 9.72. The maximum absolute atomic E-state index is 13.6. The third-order valence-corrected chi connectivity index (χ3v) is 8.50. The molecule has 0 aliphatic heterocycles. The second-order valence-corrected chi connectivity index (χ2v) is 12.1. The van der Waals surface area contributed by atoms with Crippen LogP contribution in [0.2, 0.25) is 5.02 Å². The summed E-state index contributed by atoms with van der Waals surface area (Å²) in [6, 6.07) is 23.4. The zero-order valence-corrected chi connectivity index (χ0v) is 23.2. The smallest absolute Gasteiger partial charge is 0.407 e. The summed E-state index contributed by atoms with van der Waals surface area (Å²) >= 11 is 5.97. The van der Waals surface area contributed by atoms with Gasteiger partial charge in [-0.05, 0) is 54.2 Å². The highest BCUT2D eigenvalue weighted by atomic mass is 35.5. The van der Waals surface area contributed by atoms with Gasteiger partial charge in [0.15, 0.2) is 0 Å². The van der Waals surface area contributed by atoms with E-state index in [1.807, 2.05) is 74.5 Å². The van der Waals surface area contributed by atoms with Crippen molar-refractivity contribution in [2.24, 2.45) is 5.92 Å². The van der Waals surface area contributed by atoms with Gasteiger partial charge in [0.1, 0.15) is 0 Å². The van der Waals surface area contributed by atoms with E-state index in [4.69, 9.17) is 11.6 Å². The van der Waals surface area contributed by atoms with E-state index in [0.717, 1.165) is 11.1 Å². The number of carboxylic acid groups (broad SMARTS) is 1. The van der Waals surface area contributed by atoms with E-state index in [1.165, 1.54) is 33.5 Å². The first-order chi connectivity index (χ1) is 18.1. The lowest BCUT2D eigenvalue weighted by atomic mass is 9.99. The highest BCUT2D eigenvalue weighted by molar-refractivity contribution is 7.89. The van der Waals surface area contributed by atoms with Crippen molar-refractivity contribution >= 4 is 27.7 Å². The molecule has 9 heteroatoms. The van der Waals surface area contributed by atoms with E-state index in [0.29, 0.717) is 11.4 Å². The molecule has 0 radical (unpaired) electrons. The minimum absolute atomic E-state index is 0.0562. The highest BCUT2D eigenvalue weighted by Gasteiger charge is 2.34. The summed E-state index contributed by atoms with van der Waals surface area (Å²) in [4.78, 5) is 13.7. The Labute approximate surface area is 230 Å². The Kier molecular flexibility index (Phi) is 10.7. The molecule has 7 nitrogen and oxygen atoms in total. The Morgan fingerprint density at radius 2 is 1.45 bits per heavy atom. The summed E-state index contributed by atoms with van der Waals surface area (Å²) < 4.78 is 28.5. The lowest BCUT2D eigenvalue weighted by Crippen LogP contribution is -2.52. The Bertz CT molecular complexity index is 1260. The van der Waals surface area contributed by atoms with Gasteiger partial charge in [-0.3, -0.25) is 4.90 Å². The number of benzene rings is 3. The fourth-order valence-electron chi connectivity index (χ4n) is 4.21. The lowest BCUT2D eigenvalue weighted by Gasteiger charge is -2.35. The van der Waals surface area contributed by atoms with Gasteiger partial charge in [-0.2, -0.15) is 4.31 Å². The van der Waals surface area contributed by atoms with Crippen LogP contribution in [-0.2, 0) is 23.0 Å². The van der Waals surface area contributed by atoms with E-state index in [1.54, 1.807) is 0 Å². The minimum Gasteiger partial charge on any atom is -0.465 e. The van der Waals surface area contributed by atoms with Crippen molar-refractivity contribution < 1.29 is 23.4 Å². The summed E-state index contributed by atoms with van der Waals surface area (Å²) in [5, 5.41) is 22.1. The third kappa shape index (κ3) is 8.30. The largest absolute Gasteiger partial charge is 0.465 e. The summed E-state index contributed by atoms with van der Waals surface area (Å²) in [6.45, 7) is 3.97. The number of nitrogens with zero attached hydrogens (tertiary/aromatic N) is 2. The van der Waals surface area contributed by atoms with Crippen LogP contribution in [-0.4, -0.2) is 59.2 Å². The molecule has 0 fully saturated rings. The quantitative estimate of drug-likeness (QED) is 0.287. The van der Waals surface area contributed by atoms with Gasteiger partial charge in [-0.1, -0.05) is 86.1 Å². The fourth-order valence-corrected chi connectivity index (χ4v) is 5.81. The van der Waals surface area contributed by atoms with Gasteiger partial charge >= 0.3 is 6.09 Å². The summed E-state index contributed by atoms with van der Waals surface area (Å²) in [7, 11) is -3.97. The topological polar surface area (TPSA) is 98.2 Å². The fraction of sp³-hybridized carbons (Fsp3) is 0.345. The van der Waals surface area contributed by atoms with Crippen LogP contribution in [0.25, 0.3) is 0 Å². The molecule has 2 N–H and O–H groups in total. The highest BCUT2D eigenvalue weighted by Crippen LogP contribution is 2.23.